The van der Waals surface area contributed by atoms with Crippen LogP contribution in [0.5, 0.6) is 0 Å². The van der Waals surface area contributed by atoms with E-state index in [1.165, 1.54) is 6.92 Å². The minimum absolute atomic E-state index is 0.0248. The molecule has 130 valence electrons. The highest BCUT2D eigenvalue weighted by atomic mass is 35.5. The number of hydrogen-bond acceptors (Lipinski definition) is 4. The molecule has 1 amide bonds. The van der Waals surface area contributed by atoms with Crippen LogP contribution in [0.2, 0.25) is 5.02 Å². The smallest absolute Gasteiger partial charge is 0.258 e. The lowest BCUT2D eigenvalue weighted by atomic mass is 10.1. The highest BCUT2D eigenvalue weighted by Crippen LogP contribution is 2.19. The van der Waals surface area contributed by atoms with Gasteiger partial charge in [0.25, 0.3) is 5.91 Å². The van der Waals surface area contributed by atoms with Gasteiger partial charge in [0.2, 0.25) is 0 Å². The van der Waals surface area contributed by atoms with Crippen molar-refractivity contribution in [1.29, 1.82) is 0 Å². The third-order valence-corrected chi connectivity index (χ3v) is 4.03. The van der Waals surface area contributed by atoms with Gasteiger partial charge in [0.15, 0.2) is 5.78 Å². The van der Waals surface area contributed by atoms with E-state index in [0.717, 1.165) is 11.4 Å². The number of ketones is 1. The fourth-order valence-corrected chi connectivity index (χ4v) is 2.55. The van der Waals surface area contributed by atoms with Crippen molar-refractivity contribution in [3.05, 3.63) is 83.0 Å². The minimum Gasteiger partial charge on any atom is -0.354 e. The molecule has 5 nitrogen and oxygen atoms in total. The van der Waals surface area contributed by atoms with Gasteiger partial charge in [0, 0.05) is 11.3 Å². The largest absolute Gasteiger partial charge is 0.354 e. The zero-order valence-corrected chi connectivity index (χ0v) is 14.7. The zero-order chi connectivity index (χ0) is 18.5. The Morgan fingerprint density at radius 3 is 2.23 bits per heavy atom. The van der Waals surface area contributed by atoms with Gasteiger partial charge in [-0.25, -0.2) is 4.98 Å². The summed E-state index contributed by atoms with van der Waals surface area (Å²) >= 11 is 6.02. The number of rotatable bonds is 5. The quantitative estimate of drug-likeness (QED) is 0.628. The van der Waals surface area contributed by atoms with Gasteiger partial charge in [-0.1, -0.05) is 23.7 Å². The van der Waals surface area contributed by atoms with Gasteiger partial charge < -0.3 is 10.6 Å². The molecule has 0 bridgehead atoms. The molecular formula is C20H16ClN3O2. The number of nitrogens with one attached hydrogen (secondary N) is 2. The van der Waals surface area contributed by atoms with Gasteiger partial charge in [-0.05, 0) is 55.5 Å². The van der Waals surface area contributed by atoms with E-state index in [0.29, 0.717) is 22.0 Å². The maximum Gasteiger partial charge on any atom is 0.258 e. The number of carbonyl (C=O) groups excluding carboxylic acids is 2. The Morgan fingerprint density at radius 2 is 1.62 bits per heavy atom. The maximum atomic E-state index is 12.2. The predicted molar refractivity (Wildman–Crippen MR) is 103 cm³/mol. The lowest BCUT2D eigenvalue weighted by Gasteiger charge is -2.09. The summed E-state index contributed by atoms with van der Waals surface area (Å²) in [5, 5.41) is 6.28. The van der Waals surface area contributed by atoms with Crippen LogP contribution in [0.1, 0.15) is 27.6 Å². The molecule has 26 heavy (non-hydrogen) atoms. The van der Waals surface area contributed by atoms with Crippen molar-refractivity contribution in [3.63, 3.8) is 0 Å². The van der Waals surface area contributed by atoms with Gasteiger partial charge >= 0.3 is 0 Å². The molecule has 0 fully saturated rings. The monoisotopic (exact) mass is 365 g/mol. The van der Waals surface area contributed by atoms with E-state index in [1.807, 2.05) is 12.1 Å². The van der Waals surface area contributed by atoms with Crippen molar-refractivity contribution < 1.29 is 9.59 Å². The maximum absolute atomic E-state index is 12.2. The first kappa shape index (κ1) is 17.6. The van der Waals surface area contributed by atoms with Crippen LogP contribution in [0.25, 0.3) is 0 Å². The first-order valence-corrected chi connectivity index (χ1v) is 8.31. The van der Waals surface area contributed by atoms with Crippen molar-refractivity contribution in [2.75, 3.05) is 10.6 Å². The predicted octanol–water partition coefficient (Wildman–Crippen LogP) is 4.93. The minimum atomic E-state index is -0.316. The number of anilines is 3. The van der Waals surface area contributed by atoms with Crippen LogP contribution < -0.4 is 10.6 Å². The second kappa shape index (κ2) is 7.80. The van der Waals surface area contributed by atoms with E-state index >= 15 is 0 Å². The summed E-state index contributed by atoms with van der Waals surface area (Å²) < 4.78 is 0. The van der Waals surface area contributed by atoms with Gasteiger partial charge in [0.1, 0.15) is 5.82 Å². The lowest BCUT2D eigenvalue weighted by Crippen LogP contribution is -2.13. The molecule has 0 aliphatic rings. The number of pyridine rings is 1. The standard InChI is InChI=1S/C20H16ClN3O2/c1-13(25)14-6-8-15(9-7-14)23-16-10-11-19(22-12-16)24-20(26)17-4-2-3-5-18(17)21/h2-12,23H,1H3,(H,22,24,26). The molecule has 0 radical (unpaired) electrons. The SMILES string of the molecule is CC(=O)c1ccc(Nc2ccc(NC(=O)c3ccccc3Cl)nc2)cc1. The van der Waals surface area contributed by atoms with E-state index in [-0.39, 0.29) is 11.7 Å². The molecular weight excluding hydrogens is 350 g/mol. The molecule has 0 unspecified atom stereocenters. The van der Waals surface area contributed by atoms with Crippen LogP contribution in [0.4, 0.5) is 17.2 Å². The van der Waals surface area contributed by atoms with Gasteiger partial charge in [-0.15, -0.1) is 0 Å². The van der Waals surface area contributed by atoms with Gasteiger partial charge in [-0.3, -0.25) is 9.59 Å². The summed E-state index contributed by atoms with van der Waals surface area (Å²) in [5.41, 5.74) is 2.65. The first-order valence-electron chi connectivity index (χ1n) is 7.93. The van der Waals surface area contributed by atoms with E-state index in [1.54, 1.807) is 54.7 Å². The van der Waals surface area contributed by atoms with Crippen LogP contribution in [-0.4, -0.2) is 16.7 Å². The van der Waals surface area contributed by atoms with E-state index < -0.39 is 0 Å². The fraction of sp³-hybridized carbons (Fsp3) is 0.0500. The van der Waals surface area contributed by atoms with Crippen LogP contribution in [0.15, 0.2) is 66.9 Å². The number of nitrogens with zero attached hydrogens (tertiary/aromatic N) is 1. The Morgan fingerprint density at radius 1 is 0.923 bits per heavy atom. The number of benzene rings is 2. The molecule has 1 aromatic heterocycles. The topological polar surface area (TPSA) is 71.1 Å². The van der Waals surface area contributed by atoms with E-state index in [9.17, 15) is 9.59 Å². The molecule has 3 rings (SSSR count). The molecule has 3 aromatic rings. The highest BCUT2D eigenvalue weighted by molar-refractivity contribution is 6.34. The Bertz CT molecular complexity index is 938. The van der Waals surface area contributed by atoms with Crippen molar-refractivity contribution in [2.24, 2.45) is 0 Å². The summed E-state index contributed by atoms with van der Waals surface area (Å²) in [4.78, 5) is 27.7. The molecule has 0 aliphatic heterocycles. The van der Waals surface area contributed by atoms with Gasteiger partial charge in [0.05, 0.1) is 22.5 Å². The number of halogens is 1. The molecule has 0 spiro atoms. The molecule has 2 N–H and O–H groups in total. The van der Waals surface area contributed by atoms with E-state index in [2.05, 4.69) is 15.6 Å². The molecule has 2 aromatic carbocycles. The molecule has 6 heteroatoms. The number of carbonyl (C=O) groups is 2. The van der Waals surface area contributed by atoms with Crippen molar-refractivity contribution in [1.82, 2.24) is 4.98 Å². The normalized spacial score (nSPS) is 10.2. The third-order valence-electron chi connectivity index (χ3n) is 3.70. The first-order chi connectivity index (χ1) is 12.5. The second-order valence-electron chi connectivity index (χ2n) is 5.62. The van der Waals surface area contributed by atoms with Crippen molar-refractivity contribution in [3.8, 4) is 0 Å². The molecule has 0 aliphatic carbocycles. The van der Waals surface area contributed by atoms with Crippen molar-refractivity contribution in [2.45, 2.75) is 6.92 Å². The van der Waals surface area contributed by atoms with Gasteiger partial charge in [-0.2, -0.15) is 0 Å². The zero-order valence-electron chi connectivity index (χ0n) is 14.0. The fourth-order valence-electron chi connectivity index (χ4n) is 2.33. The molecule has 0 saturated carbocycles. The number of amides is 1. The van der Waals surface area contributed by atoms with Crippen LogP contribution in [0.3, 0.4) is 0 Å². The Kier molecular flexibility index (Phi) is 5.29. The molecule has 0 saturated heterocycles. The lowest BCUT2D eigenvalue weighted by molar-refractivity contribution is 0.101. The average Bonchev–Trinajstić information content (AvgIpc) is 2.64. The Hall–Kier alpha value is -3.18. The number of hydrogen-bond donors (Lipinski definition) is 2. The van der Waals surface area contributed by atoms with E-state index in [4.69, 9.17) is 11.6 Å². The van der Waals surface area contributed by atoms with Crippen molar-refractivity contribution >= 4 is 40.5 Å². The Balaban J connectivity index is 1.66. The summed E-state index contributed by atoms with van der Waals surface area (Å²) in [6.07, 6.45) is 1.61. The summed E-state index contributed by atoms with van der Waals surface area (Å²) in [5.74, 6) is 0.132. The molecule has 0 atom stereocenters. The van der Waals surface area contributed by atoms with Crippen LogP contribution >= 0.6 is 11.6 Å². The summed E-state index contributed by atoms with van der Waals surface area (Å²) in [6, 6.07) is 17.5. The summed E-state index contributed by atoms with van der Waals surface area (Å²) in [6.45, 7) is 1.53. The third kappa shape index (κ3) is 4.26. The second-order valence-corrected chi connectivity index (χ2v) is 6.03. The number of aromatic nitrogens is 1. The number of Topliss-reactive ketones (excluding diaryl/α,β-unsaturated/α-hetero) is 1. The van der Waals surface area contributed by atoms with Crippen LogP contribution in [-0.2, 0) is 0 Å². The molecule has 1 heterocycles. The van der Waals surface area contributed by atoms with Crippen LogP contribution in [0, 0.1) is 0 Å². The highest BCUT2D eigenvalue weighted by Gasteiger charge is 2.10. The Labute approximate surface area is 156 Å². The summed E-state index contributed by atoms with van der Waals surface area (Å²) in [7, 11) is 0. The average molecular weight is 366 g/mol.